The quantitative estimate of drug-likeness (QED) is 0.800. The molecule has 0 amide bonds. The van der Waals surface area contributed by atoms with E-state index in [4.69, 9.17) is 4.43 Å². The summed E-state index contributed by atoms with van der Waals surface area (Å²) in [4.78, 5) is 16.0. The molecule has 3 nitrogen and oxygen atoms in total. The molecule has 1 unspecified atom stereocenters. The van der Waals surface area contributed by atoms with Crippen molar-refractivity contribution in [2.45, 2.75) is 65.1 Å². The summed E-state index contributed by atoms with van der Waals surface area (Å²) in [6.07, 6.45) is 0.896. The van der Waals surface area contributed by atoms with Crippen LogP contribution in [0.2, 0.25) is 39.3 Å². The average Bonchev–Trinajstić information content (AvgIpc) is 2.46. The topological polar surface area (TPSA) is 38.3 Å². The normalized spacial score (nSPS) is 27.8. The Kier molecular flexibility index (Phi) is 3.45. The molecule has 0 aromatic carbocycles. The van der Waals surface area contributed by atoms with Crippen LogP contribution < -0.4 is 4.98 Å². The van der Waals surface area contributed by atoms with Crippen LogP contribution in [0, 0.1) is 5.41 Å². The lowest BCUT2D eigenvalue weighted by Crippen LogP contribution is -2.57. The van der Waals surface area contributed by atoms with Crippen LogP contribution in [0.25, 0.3) is 0 Å². The zero-order valence-corrected chi connectivity index (χ0v) is 14.5. The van der Waals surface area contributed by atoms with Crippen LogP contribution in [0.1, 0.15) is 20.3 Å². The Morgan fingerprint density at radius 3 is 1.76 bits per heavy atom. The fourth-order valence-corrected chi connectivity index (χ4v) is 4.78. The Bertz CT molecular complexity index is 328. The molecular formula is C12H27NO2Si2. The molecule has 1 saturated carbocycles. The van der Waals surface area contributed by atoms with Crippen molar-refractivity contribution >= 4 is 22.5 Å². The van der Waals surface area contributed by atoms with Crippen molar-refractivity contribution in [3.63, 3.8) is 0 Å². The minimum Gasteiger partial charge on any atom is -0.519 e. The first kappa shape index (κ1) is 14.9. The lowest BCUT2D eigenvalue weighted by molar-refractivity contribution is -0.139. The predicted octanol–water partition coefficient (Wildman–Crippen LogP) is 2.96. The van der Waals surface area contributed by atoms with Crippen LogP contribution >= 0.6 is 0 Å². The largest absolute Gasteiger partial charge is 0.519 e. The Labute approximate surface area is 108 Å². The van der Waals surface area contributed by atoms with E-state index in [0.29, 0.717) is 0 Å². The Morgan fingerprint density at radius 2 is 1.53 bits per heavy atom. The van der Waals surface area contributed by atoms with Gasteiger partial charge in [0.15, 0.2) is 0 Å². The summed E-state index contributed by atoms with van der Waals surface area (Å²) in [5.41, 5.74) is -0.387. The molecule has 1 aliphatic rings. The second-order valence-electron chi connectivity index (χ2n) is 7.84. The number of hydrogen-bond acceptors (Lipinski definition) is 3. The standard InChI is InChI=1S/C12H27NO2Si2/c1-11(2)9-12(11,13-16(3,4)5)10(14)15-17(6,7)8/h13H,9H2,1-8H3. The summed E-state index contributed by atoms with van der Waals surface area (Å²) in [5, 5.41) is 0. The van der Waals surface area contributed by atoms with Gasteiger partial charge < -0.3 is 9.41 Å². The van der Waals surface area contributed by atoms with Crippen LogP contribution in [0.3, 0.4) is 0 Å². The third kappa shape index (κ3) is 3.42. The summed E-state index contributed by atoms with van der Waals surface area (Å²) < 4.78 is 5.71. The lowest BCUT2D eigenvalue weighted by atomic mass is 10.1. The first-order valence-electron chi connectivity index (χ1n) is 6.32. The van der Waals surface area contributed by atoms with E-state index in [1.54, 1.807) is 0 Å². The number of carbonyl (C=O) groups is 1. The van der Waals surface area contributed by atoms with Gasteiger partial charge in [-0.05, 0) is 31.5 Å². The van der Waals surface area contributed by atoms with E-state index in [2.05, 4.69) is 58.1 Å². The summed E-state index contributed by atoms with van der Waals surface area (Å²) >= 11 is 0. The van der Waals surface area contributed by atoms with Crippen molar-refractivity contribution in [2.24, 2.45) is 5.41 Å². The molecule has 0 bridgehead atoms. The highest BCUT2D eigenvalue weighted by molar-refractivity contribution is 6.74. The zero-order chi connectivity index (χ0) is 13.7. The maximum Gasteiger partial charge on any atom is 0.312 e. The fourth-order valence-electron chi connectivity index (χ4n) is 2.24. The molecule has 0 saturated heterocycles. The predicted molar refractivity (Wildman–Crippen MR) is 77.0 cm³/mol. The average molecular weight is 274 g/mol. The molecule has 1 N–H and O–H groups in total. The van der Waals surface area contributed by atoms with Crippen molar-refractivity contribution < 1.29 is 9.22 Å². The second kappa shape index (κ2) is 3.93. The molecule has 5 heteroatoms. The van der Waals surface area contributed by atoms with E-state index in [1.165, 1.54) is 0 Å². The molecular weight excluding hydrogens is 246 g/mol. The third-order valence-electron chi connectivity index (χ3n) is 3.07. The van der Waals surface area contributed by atoms with Crippen molar-refractivity contribution in [3.05, 3.63) is 0 Å². The molecule has 1 rings (SSSR count). The van der Waals surface area contributed by atoms with Gasteiger partial charge in [0.1, 0.15) is 13.8 Å². The van der Waals surface area contributed by atoms with Gasteiger partial charge in [-0.15, -0.1) is 0 Å². The fraction of sp³-hybridized carbons (Fsp3) is 0.917. The Balaban J connectivity index is 2.86. The minimum absolute atomic E-state index is 0.0240. The van der Waals surface area contributed by atoms with Gasteiger partial charge in [-0.3, -0.25) is 4.79 Å². The smallest absolute Gasteiger partial charge is 0.312 e. The molecule has 0 aromatic rings. The minimum atomic E-state index is -1.80. The van der Waals surface area contributed by atoms with Gasteiger partial charge in [0, 0.05) is 0 Å². The van der Waals surface area contributed by atoms with Crippen LogP contribution in [-0.2, 0) is 9.22 Å². The van der Waals surface area contributed by atoms with Crippen molar-refractivity contribution in [3.8, 4) is 0 Å². The van der Waals surface area contributed by atoms with Gasteiger partial charge in [-0.25, -0.2) is 0 Å². The van der Waals surface area contributed by atoms with Gasteiger partial charge in [0.05, 0.1) is 0 Å². The summed E-state index contributed by atoms with van der Waals surface area (Å²) in [5.74, 6) is -0.0240. The monoisotopic (exact) mass is 273 g/mol. The van der Waals surface area contributed by atoms with E-state index in [-0.39, 0.29) is 11.4 Å². The summed E-state index contributed by atoms with van der Waals surface area (Å²) in [6, 6.07) is 0. The van der Waals surface area contributed by atoms with Crippen LogP contribution in [0.4, 0.5) is 0 Å². The van der Waals surface area contributed by atoms with Crippen LogP contribution in [-0.4, -0.2) is 28.1 Å². The van der Waals surface area contributed by atoms with E-state index in [0.717, 1.165) is 6.42 Å². The van der Waals surface area contributed by atoms with E-state index < -0.39 is 22.1 Å². The second-order valence-corrected chi connectivity index (χ2v) is 17.0. The molecule has 1 fully saturated rings. The summed E-state index contributed by atoms with van der Waals surface area (Å²) in [7, 11) is -3.29. The highest BCUT2D eigenvalue weighted by atomic mass is 28.4. The first-order valence-corrected chi connectivity index (χ1v) is 13.2. The number of carbonyl (C=O) groups excluding carboxylic acids is 1. The SMILES string of the molecule is CC1(C)CC1(N[Si](C)(C)C)C(=O)O[Si](C)(C)C. The van der Waals surface area contributed by atoms with Crippen molar-refractivity contribution in [1.29, 1.82) is 0 Å². The third-order valence-corrected chi connectivity index (χ3v) is 5.05. The molecule has 1 aliphatic carbocycles. The lowest BCUT2D eigenvalue weighted by Gasteiger charge is -2.31. The van der Waals surface area contributed by atoms with Crippen LogP contribution in [0.15, 0.2) is 0 Å². The number of hydrogen-bond donors (Lipinski definition) is 1. The van der Waals surface area contributed by atoms with E-state index in [9.17, 15) is 4.79 Å². The number of rotatable bonds is 4. The van der Waals surface area contributed by atoms with Crippen molar-refractivity contribution in [2.75, 3.05) is 0 Å². The van der Waals surface area contributed by atoms with Gasteiger partial charge in [-0.2, -0.15) is 0 Å². The molecule has 1 atom stereocenters. The number of nitrogens with one attached hydrogen (secondary N) is 1. The van der Waals surface area contributed by atoms with Gasteiger partial charge in [0.2, 0.25) is 8.32 Å². The highest BCUT2D eigenvalue weighted by Gasteiger charge is 2.68. The molecule has 17 heavy (non-hydrogen) atoms. The molecule has 0 aromatic heterocycles. The zero-order valence-electron chi connectivity index (χ0n) is 12.5. The Morgan fingerprint density at radius 1 is 1.12 bits per heavy atom. The van der Waals surface area contributed by atoms with Gasteiger partial charge in [-0.1, -0.05) is 33.5 Å². The van der Waals surface area contributed by atoms with Crippen molar-refractivity contribution in [1.82, 2.24) is 4.98 Å². The van der Waals surface area contributed by atoms with Gasteiger partial charge in [0.25, 0.3) is 0 Å². The maximum absolute atomic E-state index is 12.4. The van der Waals surface area contributed by atoms with E-state index >= 15 is 0 Å². The molecule has 0 aliphatic heterocycles. The summed E-state index contributed by atoms with van der Waals surface area (Å²) in [6.45, 7) is 17.1. The van der Waals surface area contributed by atoms with Crippen LogP contribution in [0.5, 0.6) is 0 Å². The molecule has 100 valence electrons. The first-order chi connectivity index (χ1) is 7.29. The Hall–Kier alpha value is -0.136. The molecule has 0 radical (unpaired) electrons. The maximum atomic E-state index is 12.4. The van der Waals surface area contributed by atoms with Gasteiger partial charge >= 0.3 is 5.97 Å². The molecule has 0 heterocycles. The highest BCUT2D eigenvalue weighted by Crippen LogP contribution is 2.57. The van der Waals surface area contributed by atoms with E-state index in [1.807, 2.05) is 0 Å². The molecule has 0 spiro atoms.